The van der Waals surface area contributed by atoms with Gasteiger partial charge in [0.2, 0.25) is 0 Å². The lowest BCUT2D eigenvalue weighted by atomic mass is 9.83. The standard InChI is InChI=1S/C19H21NO/c1-11-6-5-7-13-9-16-15-10-14(21-4)8-12(2)18(15)20-19(16,3)17(11)13/h5-8,10,16,20H,9H2,1-4H3/t16-,19+/m1/s1. The second-order valence-electron chi connectivity index (χ2n) is 6.60. The van der Waals surface area contributed by atoms with Crippen molar-refractivity contribution in [3.8, 4) is 5.75 Å². The van der Waals surface area contributed by atoms with Crippen LogP contribution in [0.1, 0.15) is 40.7 Å². The molecule has 1 N–H and O–H groups in total. The Kier molecular flexibility index (Phi) is 2.45. The predicted molar refractivity (Wildman–Crippen MR) is 86.3 cm³/mol. The second-order valence-corrected chi connectivity index (χ2v) is 6.60. The third-order valence-corrected chi connectivity index (χ3v) is 5.33. The van der Waals surface area contributed by atoms with Crippen molar-refractivity contribution >= 4 is 5.69 Å². The average molecular weight is 279 g/mol. The summed E-state index contributed by atoms with van der Waals surface area (Å²) in [5.74, 6) is 1.46. The van der Waals surface area contributed by atoms with Crippen molar-refractivity contribution in [2.75, 3.05) is 12.4 Å². The lowest BCUT2D eigenvalue weighted by molar-refractivity contribution is 0.413. The number of hydrogen-bond donors (Lipinski definition) is 1. The quantitative estimate of drug-likeness (QED) is 0.840. The number of ether oxygens (including phenoxy) is 1. The molecule has 2 heteroatoms. The molecule has 0 bridgehead atoms. The number of rotatable bonds is 1. The van der Waals surface area contributed by atoms with Crippen LogP contribution in [-0.4, -0.2) is 7.11 Å². The fourth-order valence-corrected chi connectivity index (χ4v) is 4.41. The summed E-state index contributed by atoms with van der Waals surface area (Å²) in [6.07, 6.45) is 1.11. The van der Waals surface area contributed by atoms with Crippen LogP contribution < -0.4 is 10.1 Å². The molecule has 0 saturated heterocycles. The van der Waals surface area contributed by atoms with E-state index in [1.54, 1.807) is 7.11 Å². The summed E-state index contributed by atoms with van der Waals surface area (Å²) in [7, 11) is 1.75. The minimum atomic E-state index is 0.0140. The van der Waals surface area contributed by atoms with Gasteiger partial charge in [0.05, 0.1) is 12.6 Å². The molecular formula is C19H21NO. The minimum absolute atomic E-state index is 0.0140. The van der Waals surface area contributed by atoms with Gasteiger partial charge in [0.25, 0.3) is 0 Å². The summed E-state index contributed by atoms with van der Waals surface area (Å²) in [6.45, 7) is 6.74. The Labute approximate surface area is 126 Å². The number of methoxy groups -OCH3 is 1. The molecular weight excluding hydrogens is 258 g/mol. The maximum Gasteiger partial charge on any atom is 0.119 e. The predicted octanol–water partition coefficient (Wildman–Crippen LogP) is 4.29. The van der Waals surface area contributed by atoms with Gasteiger partial charge < -0.3 is 10.1 Å². The van der Waals surface area contributed by atoms with E-state index < -0.39 is 0 Å². The molecule has 2 aliphatic rings. The van der Waals surface area contributed by atoms with Crippen molar-refractivity contribution in [3.63, 3.8) is 0 Å². The van der Waals surface area contributed by atoms with Crippen LogP contribution in [0.25, 0.3) is 0 Å². The van der Waals surface area contributed by atoms with Crippen molar-refractivity contribution in [1.29, 1.82) is 0 Å². The Hall–Kier alpha value is -1.96. The van der Waals surface area contributed by atoms with Crippen molar-refractivity contribution in [2.24, 2.45) is 0 Å². The number of anilines is 1. The molecule has 2 aromatic rings. The van der Waals surface area contributed by atoms with Crippen molar-refractivity contribution in [1.82, 2.24) is 0 Å². The van der Waals surface area contributed by atoms with Gasteiger partial charge in [0.15, 0.2) is 0 Å². The van der Waals surface area contributed by atoms with Gasteiger partial charge >= 0.3 is 0 Å². The van der Waals surface area contributed by atoms with E-state index in [1.807, 2.05) is 0 Å². The van der Waals surface area contributed by atoms with Gasteiger partial charge in [-0.15, -0.1) is 0 Å². The van der Waals surface area contributed by atoms with Crippen LogP contribution in [0, 0.1) is 13.8 Å². The molecule has 0 amide bonds. The highest BCUT2D eigenvalue weighted by Crippen LogP contribution is 2.57. The first-order valence-electron chi connectivity index (χ1n) is 7.60. The van der Waals surface area contributed by atoms with Gasteiger partial charge in [-0.1, -0.05) is 18.2 Å². The minimum Gasteiger partial charge on any atom is -0.497 e. The molecule has 0 saturated carbocycles. The third kappa shape index (κ3) is 1.53. The topological polar surface area (TPSA) is 21.3 Å². The number of fused-ring (bicyclic) bond motifs is 5. The highest BCUT2D eigenvalue weighted by Gasteiger charge is 2.50. The molecule has 1 heterocycles. The van der Waals surface area contributed by atoms with Crippen molar-refractivity contribution < 1.29 is 4.74 Å². The number of nitrogens with one attached hydrogen (secondary N) is 1. The summed E-state index contributed by atoms with van der Waals surface area (Å²) >= 11 is 0. The van der Waals surface area contributed by atoms with Crippen LogP contribution in [0.3, 0.4) is 0 Å². The normalized spacial score (nSPS) is 25.0. The van der Waals surface area contributed by atoms with E-state index >= 15 is 0 Å². The van der Waals surface area contributed by atoms with Gasteiger partial charge in [-0.25, -0.2) is 0 Å². The first-order chi connectivity index (χ1) is 10.0. The Morgan fingerprint density at radius 3 is 2.76 bits per heavy atom. The molecule has 0 radical (unpaired) electrons. The number of aryl methyl sites for hydroxylation is 2. The molecule has 1 aliphatic carbocycles. The summed E-state index contributed by atoms with van der Waals surface area (Å²) < 4.78 is 5.47. The van der Waals surface area contributed by atoms with Gasteiger partial charge in [0.1, 0.15) is 5.75 Å². The third-order valence-electron chi connectivity index (χ3n) is 5.33. The van der Waals surface area contributed by atoms with E-state index in [1.165, 1.54) is 33.5 Å². The molecule has 0 spiro atoms. The van der Waals surface area contributed by atoms with Crippen LogP contribution >= 0.6 is 0 Å². The van der Waals surface area contributed by atoms with Crippen LogP contribution in [0.4, 0.5) is 5.69 Å². The summed E-state index contributed by atoms with van der Waals surface area (Å²) in [6, 6.07) is 11.0. The van der Waals surface area contributed by atoms with Gasteiger partial charge in [0, 0.05) is 11.6 Å². The highest BCUT2D eigenvalue weighted by molar-refractivity contribution is 5.72. The lowest BCUT2D eigenvalue weighted by Gasteiger charge is -2.28. The summed E-state index contributed by atoms with van der Waals surface area (Å²) in [5.41, 5.74) is 8.37. The van der Waals surface area contributed by atoms with Gasteiger partial charge in [-0.2, -0.15) is 0 Å². The van der Waals surface area contributed by atoms with Gasteiger partial charge in [-0.3, -0.25) is 0 Å². The summed E-state index contributed by atoms with van der Waals surface area (Å²) in [4.78, 5) is 0. The zero-order valence-electron chi connectivity index (χ0n) is 13.1. The molecule has 21 heavy (non-hydrogen) atoms. The molecule has 0 unspecified atom stereocenters. The van der Waals surface area contributed by atoms with E-state index in [0.717, 1.165) is 12.2 Å². The van der Waals surface area contributed by atoms with E-state index in [0.29, 0.717) is 5.92 Å². The monoisotopic (exact) mass is 279 g/mol. The molecule has 0 fully saturated rings. The van der Waals surface area contributed by atoms with Crippen LogP contribution in [0.2, 0.25) is 0 Å². The van der Waals surface area contributed by atoms with Crippen LogP contribution in [0.5, 0.6) is 5.75 Å². The molecule has 108 valence electrons. The second kappa shape index (κ2) is 4.03. The van der Waals surface area contributed by atoms with Gasteiger partial charge in [-0.05, 0) is 67.1 Å². The Morgan fingerprint density at radius 1 is 1.19 bits per heavy atom. The molecule has 2 atom stereocenters. The first-order valence-corrected chi connectivity index (χ1v) is 7.60. The highest BCUT2D eigenvalue weighted by atomic mass is 16.5. The van der Waals surface area contributed by atoms with Crippen LogP contribution in [0.15, 0.2) is 30.3 Å². The molecule has 2 nitrogen and oxygen atoms in total. The average Bonchev–Trinajstić information content (AvgIpc) is 2.89. The molecule has 4 rings (SSSR count). The van der Waals surface area contributed by atoms with E-state index in [2.05, 4.69) is 56.4 Å². The zero-order chi connectivity index (χ0) is 14.8. The van der Waals surface area contributed by atoms with Crippen LogP contribution in [-0.2, 0) is 12.0 Å². The molecule has 2 aromatic carbocycles. The van der Waals surface area contributed by atoms with Crippen molar-refractivity contribution in [2.45, 2.75) is 38.6 Å². The van der Waals surface area contributed by atoms with E-state index in [4.69, 9.17) is 4.74 Å². The SMILES string of the molecule is COc1cc(C)c2c(c1)[C@H]1Cc3cccc(C)c3[C@@]1(C)N2. The maximum atomic E-state index is 5.47. The zero-order valence-corrected chi connectivity index (χ0v) is 13.1. The molecule has 0 aromatic heterocycles. The first kappa shape index (κ1) is 12.8. The maximum absolute atomic E-state index is 5.47. The molecule has 1 aliphatic heterocycles. The fourth-order valence-electron chi connectivity index (χ4n) is 4.41. The van der Waals surface area contributed by atoms with E-state index in [-0.39, 0.29) is 5.54 Å². The smallest absolute Gasteiger partial charge is 0.119 e. The van der Waals surface area contributed by atoms with E-state index in [9.17, 15) is 0 Å². The number of benzene rings is 2. The lowest BCUT2D eigenvalue weighted by Crippen LogP contribution is -2.30. The van der Waals surface area contributed by atoms with Crippen molar-refractivity contribution in [3.05, 3.63) is 58.1 Å². The summed E-state index contributed by atoms with van der Waals surface area (Å²) in [5, 5.41) is 3.83. The Morgan fingerprint density at radius 2 is 2.00 bits per heavy atom. The Balaban J connectivity index is 1.92. The Bertz CT molecular complexity index is 749. The number of hydrogen-bond acceptors (Lipinski definition) is 2. The largest absolute Gasteiger partial charge is 0.497 e. The fraction of sp³-hybridized carbons (Fsp3) is 0.368.